The summed E-state index contributed by atoms with van der Waals surface area (Å²) in [7, 11) is 3.41. The van der Waals surface area contributed by atoms with Gasteiger partial charge in [0.2, 0.25) is 5.91 Å². The van der Waals surface area contributed by atoms with Crippen LogP contribution in [0, 0.1) is 5.21 Å². The molecule has 0 aromatic carbocycles. The smallest absolute Gasteiger partial charge is 0.219 e. The predicted octanol–water partition coefficient (Wildman–Crippen LogP) is 5.94. The van der Waals surface area contributed by atoms with Gasteiger partial charge in [0.25, 0.3) is 0 Å². The molecule has 0 saturated heterocycles. The molecule has 0 heterocycles. The number of rotatable bonds is 19. The maximum Gasteiger partial charge on any atom is 0.219 e. The first-order chi connectivity index (χ1) is 12.5. The van der Waals surface area contributed by atoms with Crippen LogP contribution in [-0.4, -0.2) is 37.7 Å². The molecule has 1 amide bonds. The van der Waals surface area contributed by atoms with Gasteiger partial charge in [-0.1, -0.05) is 77.6 Å². The average Bonchev–Trinajstić information content (AvgIpc) is 2.58. The maximum absolute atomic E-state index is 11.8. The lowest BCUT2D eigenvalue weighted by Crippen LogP contribution is -2.32. The quantitative estimate of drug-likeness (QED) is 0.174. The zero-order valence-electron chi connectivity index (χ0n) is 18.0. The fraction of sp³-hybridized carbons (Fsp3) is 0.955. The van der Waals surface area contributed by atoms with Crippen molar-refractivity contribution < 1.29 is 9.44 Å². The van der Waals surface area contributed by atoms with Gasteiger partial charge < -0.3 is 15.2 Å². The lowest BCUT2D eigenvalue weighted by Gasteiger charge is -2.33. The lowest BCUT2D eigenvalue weighted by atomic mass is 10.1. The standard InChI is InChI=1S/C22H46N2O2/c1-4-5-6-7-8-9-10-13-16-19-22(25)23-20-17-14-11-12-15-18-21-24(2,3)26/h4-21H2,1-3H3,(H,23,25). The number of carbonyl (C=O) groups is 1. The first-order valence-electron chi connectivity index (χ1n) is 11.3. The number of carbonyl (C=O) groups excluding carboxylic acids is 1. The zero-order valence-corrected chi connectivity index (χ0v) is 18.0. The second-order valence-electron chi connectivity index (χ2n) is 8.35. The molecular formula is C22H46N2O2. The Morgan fingerprint density at radius 1 is 0.731 bits per heavy atom. The highest BCUT2D eigenvalue weighted by atomic mass is 16.5. The van der Waals surface area contributed by atoms with E-state index in [1.54, 1.807) is 14.1 Å². The van der Waals surface area contributed by atoms with Crippen LogP contribution in [0.4, 0.5) is 0 Å². The third-order valence-electron chi connectivity index (χ3n) is 4.95. The molecule has 0 radical (unpaired) electrons. The monoisotopic (exact) mass is 370 g/mol. The van der Waals surface area contributed by atoms with Gasteiger partial charge >= 0.3 is 0 Å². The Bertz CT molecular complexity index is 314. The van der Waals surface area contributed by atoms with Gasteiger partial charge in [-0.25, -0.2) is 0 Å². The van der Waals surface area contributed by atoms with E-state index in [0.717, 1.165) is 38.8 Å². The Balaban J connectivity index is 3.20. The molecule has 0 rings (SSSR count). The Morgan fingerprint density at radius 3 is 1.73 bits per heavy atom. The highest BCUT2D eigenvalue weighted by Crippen LogP contribution is 2.10. The van der Waals surface area contributed by atoms with E-state index >= 15 is 0 Å². The lowest BCUT2D eigenvalue weighted by molar-refractivity contribution is -0.840. The van der Waals surface area contributed by atoms with Gasteiger partial charge in [0.05, 0.1) is 20.6 Å². The molecule has 26 heavy (non-hydrogen) atoms. The normalized spacial score (nSPS) is 11.7. The van der Waals surface area contributed by atoms with E-state index in [1.165, 1.54) is 70.6 Å². The summed E-state index contributed by atoms with van der Waals surface area (Å²) in [4.78, 5) is 11.8. The molecule has 1 N–H and O–H groups in total. The summed E-state index contributed by atoms with van der Waals surface area (Å²) < 4.78 is -0.176. The molecule has 0 unspecified atom stereocenters. The summed E-state index contributed by atoms with van der Waals surface area (Å²) in [5.74, 6) is 0.225. The van der Waals surface area contributed by atoms with Gasteiger partial charge in [0, 0.05) is 13.0 Å². The maximum atomic E-state index is 11.8. The molecule has 0 aromatic rings. The Morgan fingerprint density at radius 2 is 1.19 bits per heavy atom. The Labute approximate surface area is 163 Å². The second-order valence-corrected chi connectivity index (χ2v) is 8.35. The van der Waals surface area contributed by atoms with Crippen LogP contribution in [0.25, 0.3) is 0 Å². The molecule has 0 bridgehead atoms. The SMILES string of the molecule is CCCCCCCCCCCC(=O)NCCCCCCCC[N+](C)(C)[O-]. The first-order valence-corrected chi connectivity index (χ1v) is 11.3. The van der Waals surface area contributed by atoms with E-state index in [1.807, 2.05) is 0 Å². The summed E-state index contributed by atoms with van der Waals surface area (Å²) >= 11 is 0. The van der Waals surface area contributed by atoms with Crippen LogP contribution < -0.4 is 5.32 Å². The predicted molar refractivity (Wildman–Crippen MR) is 113 cm³/mol. The topological polar surface area (TPSA) is 52.2 Å². The molecule has 0 spiro atoms. The number of nitrogens with zero attached hydrogens (tertiary/aromatic N) is 1. The van der Waals surface area contributed by atoms with Crippen LogP contribution in [0.1, 0.15) is 110 Å². The summed E-state index contributed by atoms with van der Waals surface area (Å²) in [6.45, 7) is 3.79. The minimum Gasteiger partial charge on any atom is -0.633 e. The summed E-state index contributed by atoms with van der Waals surface area (Å²) in [6.07, 6.45) is 19.2. The third kappa shape index (κ3) is 21.4. The molecule has 0 atom stereocenters. The zero-order chi connectivity index (χ0) is 19.5. The largest absolute Gasteiger partial charge is 0.633 e. The van der Waals surface area contributed by atoms with E-state index in [-0.39, 0.29) is 10.6 Å². The van der Waals surface area contributed by atoms with Crippen LogP contribution in [0.3, 0.4) is 0 Å². The van der Waals surface area contributed by atoms with E-state index in [9.17, 15) is 10.0 Å². The van der Waals surface area contributed by atoms with Crippen molar-refractivity contribution in [2.24, 2.45) is 0 Å². The molecule has 4 nitrogen and oxygen atoms in total. The van der Waals surface area contributed by atoms with Crippen LogP contribution in [0.15, 0.2) is 0 Å². The van der Waals surface area contributed by atoms with Crippen LogP contribution in [0.5, 0.6) is 0 Å². The van der Waals surface area contributed by atoms with Crippen molar-refractivity contribution in [3.63, 3.8) is 0 Å². The van der Waals surface area contributed by atoms with Crippen molar-refractivity contribution in [3.05, 3.63) is 5.21 Å². The first kappa shape index (κ1) is 25.4. The van der Waals surface area contributed by atoms with Crippen molar-refractivity contribution in [1.29, 1.82) is 0 Å². The Kier molecular flexibility index (Phi) is 17.4. The van der Waals surface area contributed by atoms with Crippen LogP contribution >= 0.6 is 0 Å². The third-order valence-corrected chi connectivity index (χ3v) is 4.95. The number of unbranched alkanes of at least 4 members (excludes halogenated alkanes) is 13. The summed E-state index contributed by atoms with van der Waals surface area (Å²) in [5, 5.41) is 14.5. The number of hydrogen-bond acceptors (Lipinski definition) is 2. The molecule has 0 aliphatic heterocycles. The van der Waals surface area contributed by atoms with Gasteiger partial charge in [-0.2, -0.15) is 0 Å². The molecule has 4 heteroatoms. The minimum atomic E-state index is -0.176. The van der Waals surface area contributed by atoms with Crippen molar-refractivity contribution in [1.82, 2.24) is 5.32 Å². The van der Waals surface area contributed by atoms with E-state index in [2.05, 4.69) is 12.2 Å². The van der Waals surface area contributed by atoms with Crippen molar-refractivity contribution in [3.8, 4) is 0 Å². The van der Waals surface area contributed by atoms with Gasteiger partial charge in [-0.05, 0) is 25.7 Å². The summed E-state index contributed by atoms with van der Waals surface area (Å²) in [6, 6.07) is 0. The van der Waals surface area contributed by atoms with Crippen LogP contribution in [0.2, 0.25) is 0 Å². The van der Waals surface area contributed by atoms with Gasteiger partial charge in [0.1, 0.15) is 0 Å². The van der Waals surface area contributed by atoms with Crippen molar-refractivity contribution >= 4 is 5.91 Å². The molecular weight excluding hydrogens is 324 g/mol. The highest BCUT2D eigenvalue weighted by molar-refractivity contribution is 5.75. The number of nitrogens with one attached hydrogen (secondary N) is 1. The Hall–Kier alpha value is -0.610. The van der Waals surface area contributed by atoms with Crippen molar-refractivity contribution in [2.45, 2.75) is 110 Å². The van der Waals surface area contributed by atoms with Crippen LogP contribution in [-0.2, 0) is 4.79 Å². The minimum absolute atomic E-state index is 0.176. The fourth-order valence-corrected chi connectivity index (χ4v) is 3.24. The number of hydroxylamine groups is 3. The van der Waals surface area contributed by atoms with Gasteiger partial charge in [0.15, 0.2) is 0 Å². The summed E-state index contributed by atoms with van der Waals surface area (Å²) in [5.41, 5.74) is 0. The molecule has 0 saturated carbocycles. The number of hydrogen-bond donors (Lipinski definition) is 1. The average molecular weight is 371 g/mol. The van der Waals surface area contributed by atoms with E-state index < -0.39 is 0 Å². The molecule has 0 aromatic heterocycles. The number of amides is 1. The highest BCUT2D eigenvalue weighted by Gasteiger charge is 2.02. The molecule has 156 valence electrons. The second kappa shape index (κ2) is 17.8. The number of quaternary nitrogens is 1. The molecule has 0 aliphatic rings. The van der Waals surface area contributed by atoms with E-state index in [0.29, 0.717) is 6.42 Å². The molecule has 0 aliphatic carbocycles. The van der Waals surface area contributed by atoms with Gasteiger partial charge in [-0.3, -0.25) is 4.79 Å². The van der Waals surface area contributed by atoms with Gasteiger partial charge in [-0.15, -0.1) is 0 Å². The fourth-order valence-electron chi connectivity index (χ4n) is 3.24. The van der Waals surface area contributed by atoms with Crippen molar-refractivity contribution in [2.75, 3.05) is 27.2 Å². The molecule has 0 fully saturated rings. The van der Waals surface area contributed by atoms with E-state index in [4.69, 9.17) is 0 Å².